The molecule has 0 bridgehead atoms. The van der Waals surface area contributed by atoms with E-state index in [0.29, 0.717) is 42.4 Å². The minimum atomic E-state index is 0.192. The number of morpholine rings is 1. The number of aromatic nitrogens is 2. The third-order valence-electron chi connectivity index (χ3n) is 4.48. The zero-order valence-corrected chi connectivity index (χ0v) is 18.5. The molecule has 1 aliphatic rings. The van der Waals surface area contributed by atoms with Gasteiger partial charge in [-0.3, -0.25) is 4.99 Å². The Kier molecular flexibility index (Phi) is 9.69. The summed E-state index contributed by atoms with van der Waals surface area (Å²) in [5, 5.41) is 11.6. The molecule has 1 aromatic carbocycles. The van der Waals surface area contributed by atoms with Crippen LogP contribution in [0.1, 0.15) is 18.9 Å². The van der Waals surface area contributed by atoms with Crippen LogP contribution in [-0.2, 0) is 4.74 Å². The molecule has 2 heterocycles. The fraction of sp³-hybridized carbons (Fsp3) is 0.304. The van der Waals surface area contributed by atoms with Crippen LogP contribution in [0.25, 0.3) is 0 Å². The third kappa shape index (κ3) is 7.41. The van der Waals surface area contributed by atoms with E-state index in [2.05, 4.69) is 37.5 Å². The van der Waals surface area contributed by atoms with Crippen LogP contribution in [0.15, 0.2) is 47.6 Å². The number of nitrogens with zero attached hydrogens (tertiary/aromatic N) is 4. The second kappa shape index (κ2) is 12.7. The first-order chi connectivity index (χ1) is 15.5. The number of hydrogen-bond acceptors (Lipinski definition) is 8. The first-order valence-corrected chi connectivity index (χ1v) is 10.1. The minimum absolute atomic E-state index is 0.192. The smallest absolute Gasteiger partial charge is 0.221 e. The van der Waals surface area contributed by atoms with Gasteiger partial charge < -0.3 is 31.8 Å². The van der Waals surface area contributed by atoms with E-state index in [-0.39, 0.29) is 5.95 Å². The van der Waals surface area contributed by atoms with Crippen LogP contribution >= 0.6 is 0 Å². The van der Waals surface area contributed by atoms with Gasteiger partial charge in [0.05, 0.1) is 13.2 Å². The molecule has 1 aliphatic heterocycles. The lowest BCUT2D eigenvalue weighted by atomic mass is 10.0. The number of ether oxygens (including phenoxy) is 1. The quantitative estimate of drug-likeness (QED) is 0.237. The molecule has 0 spiro atoms. The summed E-state index contributed by atoms with van der Waals surface area (Å²) >= 11 is 0. The van der Waals surface area contributed by atoms with Gasteiger partial charge in [0.25, 0.3) is 0 Å². The lowest BCUT2D eigenvalue weighted by molar-refractivity contribution is 0.0684. The van der Waals surface area contributed by atoms with Crippen molar-refractivity contribution in [2.45, 2.75) is 13.3 Å². The molecule has 1 saturated heterocycles. The molecule has 0 amide bonds. The maximum atomic E-state index is 8.45. The molecule has 168 valence electrons. The molecule has 3 rings (SSSR count). The van der Waals surface area contributed by atoms with E-state index in [9.17, 15) is 0 Å². The standard InChI is InChI=1S/C20H26N8O.C3H4/c1-24-19(28-9-11-29-12-10-28)4-2-3-16(21)15-13-14(5-6-17(15)22)26-18-7-8-25-20(23)27-18;1-3-2/h2,4-8,13,21H,3,9-12,22H2,1H3,(H3,23,25,26,27);1H,2H3/b4-2-,21-16?,24-19?;. The predicted octanol–water partition coefficient (Wildman–Crippen LogP) is 2.70. The monoisotopic (exact) mass is 434 g/mol. The predicted molar refractivity (Wildman–Crippen MR) is 131 cm³/mol. The number of terminal acetylenes is 1. The van der Waals surface area contributed by atoms with Crippen molar-refractivity contribution >= 4 is 34.7 Å². The largest absolute Gasteiger partial charge is 0.398 e. The van der Waals surface area contributed by atoms with Gasteiger partial charge >= 0.3 is 0 Å². The number of allylic oxidation sites excluding steroid dienone is 1. The Morgan fingerprint density at radius 2 is 2.06 bits per heavy atom. The van der Waals surface area contributed by atoms with Gasteiger partial charge in [0.1, 0.15) is 11.7 Å². The topological polar surface area (TPSA) is 139 Å². The number of amidine groups is 1. The van der Waals surface area contributed by atoms with Crippen molar-refractivity contribution in [1.29, 1.82) is 5.41 Å². The summed E-state index contributed by atoms with van der Waals surface area (Å²) in [5.74, 6) is 3.91. The Bertz CT molecular complexity index is 1000. The highest BCUT2D eigenvalue weighted by molar-refractivity contribution is 6.04. The molecule has 1 fully saturated rings. The van der Waals surface area contributed by atoms with Crippen molar-refractivity contribution in [2.24, 2.45) is 4.99 Å². The van der Waals surface area contributed by atoms with Crippen molar-refractivity contribution < 1.29 is 4.74 Å². The molecule has 9 nitrogen and oxygen atoms in total. The number of anilines is 4. The van der Waals surface area contributed by atoms with Crippen LogP contribution in [0.4, 0.5) is 23.1 Å². The van der Waals surface area contributed by atoms with Crippen molar-refractivity contribution in [3.05, 3.63) is 48.2 Å². The Labute approximate surface area is 189 Å². The van der Waals surface area contributed by atoms with Gasteiger partial charge in [0.15, 0.2) is 0 Å². The van der Waals surface area contributed by atoms with Crippen molar-refractivity contribution in [1.82, 2.24) is 14.9 Å². The van der Waals surface area contributed by atoms with Crippen LogP contribution in [0.2, 0.25) is 0 Å². The second-order valence-corrected chi connectivity index (χ2v) is 6.78. The fourth-order valence-corrected chi connectivity index (χ4v) is 2.99. The fourth-order valence-electron chi connectivity index (χ4n) is 2.99. The van der Waals surface area contributed by atoms with Gasteiger partial charge in [-0.25, -0.2) is 4.98 Å². The maximum Gasteiger partial charge on any atom is 0.221 e. The van der Waals surface area contributed by atoms with Gasteiger partial charge in [-0.15, -0.1) is 12.3 Å². The normalized spacial score (nSPS) is 13.8. The molecule has 2 aromatic rings. The van der Waals surface area contributed by atoms with Gasteiger partial charge in [0.2, 0.25) is 5.95 Å². The minimum Gasteiger partial charge on any atom is -0.398 e. The van der Waals surface area contributed by atoms with Crippen molar-refractivity contribution in [2.75, 3.05) is 50.1 Å². The summed E-state index contributed by atoms with van der Waals surface area (Å²) in [5.41, 5.74) is 14.1. The Morgan fingerprint density at radius 3 is 2.72 bits per heavy atom. The highest BCUT2D eigenvalue weighted by Gasteiger charge is 2.12. The lowest BCUT2D eigenvalue weighted by Gasteiger charge is -2.28. The number of nitrogens with one attached hydrogen (secondary N) is 2. The maximum absolute atomic E-state index is 8.45. The molecule has 0 atom stereocenters. The van der Waals surface area contributed by atoms with E-state index in [1.165, 1.54) is 0 Å². The summed E-state index contributed by atoms with van der Waals surface area (Å²) in [6.45, 7) is 4.71. The Hall–Kier alpha value is -3.90. The van der Waals surface area contributed by atoms with Crippen LogP contribution in [0, 0.1) is 17.8 Å². The molecule has 0 unspecified atom stereocenters. The number of benzene rings is 1. The molecule has 9 heteroatoms. The molecular formula is C23H30N8O. The lowest BCUT2D eigenvalue weighted by Crippen LogP contribution is -2.39. The van der Waals surface area contributed by atoms with Crippen LogP contribution in [0.5, 0.6) is 0 Å². The highest BCUT2D eigenvalue weighted by atomic mass is 16.5. The van der Waals surface area contributed by atoms with Crippen molar-refractivity contribution in [3.63, 3.8) is 0 Å². The number of nitrogen functional groups attached to an aromatic ring is 2. The van der Waals surface area contributed by atoms with Gasteiger partial charge in [-0.05, 0) is 37.3 Å². The van der Waals surface area contributed by atoms with Crippen molar-refractivity contribution in [3.8, 4) is 12.3 Å². The SMILES string of the molecule is C#CC.CN=C(/C=C\CC(=N)c1cc(Nc2ccnc(N)n2)ccc1N)N1CCOCC1. The van der Waals surface area contributed by atoms with E-state index in [0.717, 1.165) is 24.6 Å². The highest BCUT2D eigenvalue weighted by Crippen LogP contribution is 2.22. The zero-order chi connectivity index (χ0) is 23.3. The molecular weight excluding hydrogens is 404 g/mol. The van der Waals surface area contributed by atoms with E-state index in [1.807, 2.05) is 24.3 Å². The van der Waals surface area contributed by atoms with Crippen LogP contribution < -0.4 is 16.8 Å². The number of nitrogens with two attached hydrogens (primary N) is 2. The number of hydrogen-bond donors (Lipinski definition) is 4. The summed E-state index contributed by atoms with van der Waals surface area (Å²) in [7, 11) is 1.77. The van der Waals surface area contributed by atoms with Crippen LogP contribution in [0.3, 0.4) is 0 Å². The number of aliphatic imine (C=N–C) groups is 1. The van der Waals surface area contributed by atoms with E-state index in [1.54, 1.807) is 32.3 Å². The van der Waals surface area contributed by atoms with E-state index in [4.69, 9.17) is 21.6 Å². The second-order valence-electron chi connectivity index (χ2n) is 6.78. The summed E-state index contributed by atoms with van der Waals surface area (Å²) in [6, 6.07) is 7.16. The molecule has 0 aliphatic carbocycles. The van der Waals surface area contributed by atoms with E-state index >= 15 is 0 Å². The van der Waals surface area contributed by atoms with Crippen LogP contribution in [-0.4, -0.2) is 59.8 Å². The molecule has 32 heavy (non-hydrogen) atoms. The average Bonchev–Trinajstić information content (AvgIpc) is 2.79. The van der Waals surface area contributed by atoms with Gasteiger partial charge in [-0.1, -0.05) is 6.08 Å². The molecule has 1 aromatic heterocycles. The summed E-state index contributed by atoms with van der Waals surface area (Å²) in [4.78, 5) is 14.5. The molecule has 6 N–H and O–H groups in total. The average molecular weight is 435 g/mol. The zero-order valence-electron chi connectivity index (χ0n) is 18.5. The molecule has 0 radical (unpaired) electrons. The Morgan fingerprint density at radius 1 is 1.34 bits per heavy atom. The first-order valence-electron chi connectivity index (χ1n) is 10.1. The third-order valence-corrected chi connectivity index (χ3v) is 4.48. The number of rotatable bonds is 6. The van der Waals surface area contributed by atoms with E-state index < -0.39 is 0 Å². The first kappa shape index (κ1) is 24.4. The summed E-state index contributed by atoms with van der Waals surface area (Å²) < 4.78 is 5.38. The van der Waals surface area contributed by atoms with Gasteiger partial charge in [-0.2, -0.15) is 4.98 Å². The Balaban J connectivity index is 0.00000114. The molecule has 0 saturated carbocycles. The van der Waals surface area contributed by atoms with Gasteiger partial charge in [0, 0.05) is 55.4 Å². The summed E-state index contributed by atoms with van der Waals surface area (Å²) in [6.07, 6.45) is 10.5.